The fraction of sp³-hybridized carbons (Fsp3) is 0.458. The highest BCUT2D eigenvalue weighted by Crippen LogP contribution is 2.43. The molecule has 1 aliphatic carbocycles. The molecule has 1 aliphatic heterocycles. The zero-order chi connectivity index (χ0) is 22.1. The van der Waals surface area contributed by atoms with Gasteiger partial charge in [-0.15, -0.1) is 0 Å². The molecule has 0 bridgehead atoms. The van der Waals surface area contributed by atoms with Gasteiger partial charge in [-0.25, -0.2) is 8.78 Å². The molecule has 166 valence electrons. The molecule has 0 spiro atoms. The van der Waals surface area contributed by atoms with Crippen molar-refractivity contribution in [2.45, 2.75) is 56.5 Å². The van der Waals surface area contributed by atoms with E-state index in [0.29, 0.717) is 28.6 Å². The van der Waals surface area contributed by atoms with E-state index in [1.807, 2.05) is 0 Å². The second kappa shape index (κ2) is 9.43. The van der Waals surface area contributed by atoms with E-state index < -0.39 is 29.5 Å². The lowest BCUT2D eigenvalue weighted by molar-refractivity contribution is -0.124. The summed E-state index contributed by atoms with van der Waals surface area (Å²) in [6, 6.07) is 8.66. The van der Waals surface area contributed by atoms with Gasteiger partial charge in [0, 0.05) is 29.4 Å². The Kier molecular flexibility index (Phi) is 6.85. The highest BCUT2D eigenvalue weighted by atomic mass is 35.5. The summed E-state index contributed by atoms with van der Waals surface area (Å²) in [5, 5.41) is 6.63. The van der Waals surface area contributed by atoms with Crippen LogP contribution in [0.1, 0.15) is 55.6 Å². The van der Waals surface area contributed by atoms with E-state index in [-0.39, 0.29) is 17.0 Å². The monoisotopic (exact) mass is 466 g/mol. The SMILES string of the molecule is CC1CCC(NC(=O)C2NCC(c3ccc(Cl)cc3F)[C@H]2c2cccc(Cl)c2F)CC1. The third-order valence-corrected chi connectivity index (χ3v) is 7.22. The zero-order valence-electron chi connectivity index (χ0n) is 17.3. The Labute approximate surface area is 191 Å². The highest BCUT2D eigenvalue weighted by Gasteiger charge is 2.44. The van der Waals surface area contributed by atoms with E-state index in [1.54, 1.807) is 24.3 Å². The van der Waals surface area contributed by atoms with Gasteiger partial charge in [0.25, 0.3) is 0 Å². The molecule has 0 radical (unpaired) electrons. The van der Waals surface area contributed by atoms with E-state index in [0.717, 1.165) is 25.7 Å². The van der Waals surface area contributed by atoms with Gasteiger partial charge in [0.2, 0.25) is 5.91 Å². The van der Waals surface area contributed by atoms with Crippen molar-refractivity contribution >= 4 is 29.1 Å². The summed E-state index contributed by atoms with van der Waals surface area (Å²) in [5.41, 5.74) is 0.720. The smallest absolute Gasteiger partial charge is 0.238 e. The molecule has 2 fully saturated rings. The molecule has 7 heteroatoms. The lowest BCUT2D eigenvalue weighted by Gasteiger charge is -2.30. The summed E-state index contributed by atoms with van der Waals surface area (Å²) in [5.74, 6) is -1.58. The van der Waals surface area contributed by atoms with Crippen molar-refractivity contribution in [2.75, 3.05) is 6.54 Å². The second-order valence-electron chi connectivity index (χ2n) is 8.79. The molecule has 2 aromatic carbocycles. The van der Waals surface area contributed by atoms with Crippen LogP contribution in [-0.4, -0.2) is 24.5 Å². The Morgan fingerprint density at radius 2 is 1.81 bits per heavy atom. The number of amides is 1. The molecule has 0 aromatic heterocycles. The van der Waals surface area contributed by atoms with Crippen LogP contribution in [0.2, 0.25) is 10.0 Å². The van der Waals surface area contributed by atoms with Gasteiger partial charge < -0.3 is 10.6 Å². The lowest BCUT2D eigenvalue weighted by atomic mass is 9.79. The first-order valence-electron chi connectivity index (χ1n) is 10.8. The van der Waals surface area contributed by atoms with Gasteiger partial charge in [0.15, 0.2) is 0 Å². The summed E-state index contributed by atoms with van der Waals surface area (Å²) >= 11 is 12.0. The standard InChI is InChI=1S/C24H26Cl2F2N2O/c1-13-5-8-15(9-6-13)30-24(31)23-21(17-3-2-4-19(26)22(17)28)18(12-29-23)16-10-7-14(25)11-20(16)27/h2-4,7,10-11,13,15,18,21,23,29H,5-6,8-9,12H2,1H3,(H,30,31)/t13?,15?,18?,21-,23?/m1/s1. The number of nitrogens with one attached hydrogen (secondary N) is 2. The van der Waals surface area contributed by atoms with Gasteiger partial charge in [0.1, 0.15) is 11.6 Å². The maximum Gasteiger partial charge on any atom is 0.238 e. The van der Waals surface area contributed by atoms with Gasteiger partial charge in [-0.05, 0) is 60.9 Å². The summed E-state index contributed by atoms with van der Waals surface area (Å²) in [7, 11) is 0. The molecule has 1 heterocycles. The molecular formula is C24H26Cl2F2N2O. The van der Waals surface area contributed by atoms with E-state index in [2.05, 4.69) is 17.6 Å². The van der Waals surface area contributed by atoms with Crippen molar-refractivity contribution in [1.29, 1.82) is 0 Å². The topological polar surface area (TPSA) is 41.1 Å². The van der Waals surface area contributed by atoms with Crippen molar-refractivity contribution in [1.82, 2.24) is 10.6 Å². The molecule has 4 rings (SSSR count). The molecule has 1 saturated carbocycles. The third-order valence-electron chi connectivity index (χ3n) is 6.70. The summed E-state index contributed by atoms with van der Waals surface area (Å²) in [6.45, 7) is 2.56. The molecule has 1 amide bonds. The van der Waals surface area contributed by atoms with Crippen molar-refractivity contribution in [3.63, 3.8) is 0 Å². The van der Waals surface area contributed by atoms with Crippen molar-refractivity contribution in [2.24, 2.45) is 5.92 Å². The highest BCUT2D eigenvalue weighted by molar-refractivity contribution is 6.31. The number of hydrogen-bond donors (Lipinski definition) is 2. The Balaban J connectivity index is 1.66. The van der Waals surface area contributed by atoms with Crippen LogP contribution >= 0.6 is 23.2 Å². The summed E-state index contributed by atoms with van der Waals surface area (Å²) < 4.78 is 29.8. The number of halogens is 4. The van der Waals surface area contributed by atoms with Crippen molar-refractivity contribution < 1.29 is 13.6 Å². The molecule has 31 heavy (non-hydrogen) atoms. The molecule has 2 unspecified atom stereocenters. The van der Waals surface area contributed by atoms with E-state index in [9.17, 15) is 9.18 Å². The summed E-state index contributed by atoms with van der Waals surface area (Å²) in [4.78, 5) is 13.2. The molecule has 3 nitrogen and oxygen atoms in total. The second-order valence-corrected chi connectivity index (χ2v) is 9.64. The van der Waals surface area contributed by atoms with Crippen molar-refractivity contribution in [3.8, 4) is 0 Å². The van der Waals surface area contributed by atoms with E-state index in [4.69, 9.17) is 23.2 Å². The number of benzene rings is 2. The number of carbonyl (C=O) groups excluding carboxylic acids is 1. The molecule has 3 atom stereocenters. The quantitative estimate of drug-likeness (QED) is 0.596. The van der Waals surface area contributed by atoms with E-state index in [1.165, 1.54) is 12.1 Å². The largest absolute Gasteiger partial charge is 0.352 e. The first kappa shape index (κ1) is 22.5. The van der Waals surface area contributed by atoms with E-state index >= 15 is 4.39 Å². The normalized spacial score (nSPS) is 28.5. The number of hydrogen-bond acceptors (Lipinski definition) is 2. The van der Waals surface area contributed by atoms with Gasteiger partial charge >= 0.3 is 0 Å². The third kappa shape index (κ3) is 4.74. The predicted octanol–water partition coefficient (Wildman–Crippen LogP) is 5.81. The predicted molar refractivity (Wildman–Crippen MR) is 120 cm³/mol. The van der Waals surface area contributed by atoms with Gasteiger partial charge in [-0.1, -0.05) is 48.3 Å². The van der Waals surface area contributed by atoms with Crippen LogP contribution in [0, 0.1) is 17.6 Å². The first-order chi connectivity index (χ1) is 14.8. The molecular weight excluding hydrogens is 441 g/mol. The molecule has 2 aromatic rings. The minimum Gasteiger partial charge on any atom is -0.352 e. The Hall–Kier alpha value is -1.69. The fourth-order valence-corrected chi connectivity index (χ4v) is 5.31. The molecule has 1 saturated heterocycles. The number of carbonyl (C=O) groups is 1. The van der Waals surface area contributed by atoms with Crippen LogP contribution < -0.4 is 10.6 Å². The van der Waals surface area contributed by atoms with Crippen LogP contribution in [0.25, 0.3) is 0 Å². The van der Waals surface area contributed by atoms with Crippen LogP contribution in [0.4, 0.5) is 8.78 Å². The van der Waals surface area contributed by atoms with Crippen LogP contribution in [0.3, 0.4) is 0 Å². The minimum atomic E-state index is -0.688. The van der Waals surface area contributed by atoms with Crippen LogP contribution in [0.5, 0.6) is 0 Å². The van der Waals surface area contributed by atoms with Gasteiger partial charge in [0.05, 0.1) is 11.1 Å². The Morgan fingerprint density at radius 1 is 1.06 bits per heavy atom. The minimum absolute atomic E-state index is 0.0137. The van der Waals surface area contributed by atoms with Crippen molar-refractivity contribution in [3.05, 3.63) is 69.2 Å². The van der Waals surface area contributed by atoms with Crippen LogP contribution in [0.15, 0.2) is 36.4 Å². The Bertz CT molecular complexity index is 963. The van der Waals surface area contributed by atoms with Gasteiger partial charge in [-0.3, -0.25) is 4.79 Å². The summed E-state index contributed by atoms with van der Waals surface area (Å²) in [6.07, 6.45) is 4.03. The lowest BCUT2D eigenvalue weighted by Crippen LogP contribution is -2.48. The zero-order valence-corrected chi connectivity index (χ0v) is 18.8. The average molecular weight is 467 g/mol. The maximum atomic E-state index is 15.0. The molecule has 2 N–H and O–H groups in total. The first-order valence-corrected chi connectivity index (χ1v) is 11.5. The van der Waals surface area contributed by atoms with Gasteiger partial charge in [-0.2, -0.15) is 0 Å². The Morgan fingerprint density at radius 3 is 2.52 bits per heavy atom. The molecule has 2 aliphatic rings. The maximum absolute atomic E-state index is 15.0. The number of rotatable bonds is 4. The average Bonchev–Trinajstić information content (AvgIpc) is 3.16. The fourth-order valence-electron chi connectivity index (χ4n) is 4.97. The van der Waals surface area contributed by atoms with Crippen LogP contribution in [-0.2, 0) is 4.79 Å².